The van der Waals surface area contributed by atoms with Gasteiger partial charge in [0.25, 0.3) is 5.91 Å². The third kappa shape index (κ3) is 3.37. The van der Waals surface area contributed by atoms with E-state index in [1.54, 1.807) is 6.07 Å². The first-order valence-corrected chi connectivity index (χ1v) is 6.54. The van der Waals surface area contributed by atoms with Crippen molar-refractivity contribution in [1.82, 2.24) is 10.6 Å². The van der Waals surface area contributed by atoms with Crippen LogP contribution in [0.2, 0.25) is 5.02 Å². The molecule has 1 aliphatic rings. The molecular formula is C13H17ClN2O2. The van der Waals surface area contributed by atoms with E-state index in [1.165, 1.54) is 12.1 Å². The van der Waals surface area contributed by atoms with Crippen LogP contribution in [-0.2, 0) is 0 Å². The summed E-state index contributed by atoms with van der Waals surface area (Å²) >= 11 is 5.78. The minimum absolute atomic E-state index is 0.00986. The van der Waals surface area contributed by atoms with E-state index in [-0.39, 0.29) is 22.7 Å². The fourth-order valence-corrected chi connectivity index (χ4v) is 2.24. The highest BCUT2D eigenvalue weighted by molar-refractivity contribution is 6.32. The Balaban J connectivity index is 1.99. The first-order chi connectivity index (χ1) is 8.66. The standard InChI is InChI=1S/C13H17ClN2O2/c14-11-7-9(4-5-12(11)17)13(18)16-10-3-1-2-6-15-8-10/h4-5,7,10,15,17H,1-3,6,8H2,(H,16,18). The Morgan fingerprint density at radius 1 is 1.44 bits per heavy atom. The SMILES string of the molecule is O=C(NC1CCCCNC1)c1ccc(O)c(Cl)c1. The van der Waals surface area contributed by atoms with Gasteiger partial charge >= 0.3 is 0 Å². The molecule has 0 bridgehead atoms. The molecule has 0 radical (unpaired) electrons. The van der Waals surface area contributed by atoms with Crippen LogP contribution < -0.4 is 10.6 Å². The predicted octanol–water partition coefficient (Wildman–Crippen LogP) is 1.92. The van der Waals surface area contributed by atoms with Crippen LogP contribution in [0.5, 0.6) is 5.75 Å². The lowest BCUT2D eigenvalue weighted by Gasteiger charge is -2.16. The van der Waals surface area contributed by atoms with E-state index < -0.39 is 0 Å². The lowest BCUT2D eigenvalue weighted by molar-refractivity contribution is 0.0935. The molecule has 18 heavy (non-hydrogen) atoms. The number of aromatic hydroxyl groups is 1. The number of carbonyl (C=O) groups excluding carboxylic acids is 1. The Morgan fingerprint density at radius 2 is 2.28 bits per heavy atom. The summed E-state index contributed by atoms with van der Waals surface area (Å²) in [6.07, 6.45) is 3.26. The first kappa shape index (κ1) is 13.2. The maximum absolute atomic E-state index is 12.0. The lowest BCUT2D eigenvalue weighted by atomic mass is 10.1. The summed E-state index contributed by atoms with van der Waals surface area (Å²) in [6, 6.07) is 4.65. The largest absolute Gasteiger partial charge is 0.506 e. The van der Waals surface area contributed by atoms with Crippen molar-refractivity contribution in [3.63, 3.8) is 0 Å². The molecule has 0 aromatic heterocycles. The van der Waals surface area contributed by atoms with E-state index in [9.17, 15) is 9.90 Å². The molecule has 2 rings (SSSR count). The second-order valence-corrected chi connectivity index (χ2v) is 4.94. The van der Waals surface area contributed by atoms with Crippen molar-refractivity contribution in [2.24, 2.45) is 0 Å². The number of hydrogen-bond acceptors (Lipinski definition) is 3. The maximum atomic E-state index is 12.0. The Kier molecular flexibility index (Phi) is 4.44. The van der Waals surface area contributed by atoms with E-state index in [0.717, 1.165) is 32.4 Å². The maximum Gasteiger partial charge on any atom is 0.251 e. The Labute approximate surface area is 111 Å². The number of phenols is 1. The number of phenolic OH excluding ortho intramolecular Hbond substituents is 1. The molecule has 0 aliphatic carbocycles. The number of halogens is 1. The number of carbonyl (C=O) groups is 1. The van der Waals surface area contributed by atoms with Crippen molar-refractivity contribution in [3.05, 3.63) is 28.8 Å². The average Bonchev–Trinajstić information content (AvgIpc) is 2.61. The van der Waals surface area contributed by atoms with Crippen molar-refractivity contribution in [2.45, 2.75) is 25.3 Å². The molecule has 1 atom stereocenters. The number of rotatable bonds is 2. The van der Waals surface area contributed by atoms with Crippen LogP contribution in [0.3, 0.4) is 0 Å². The molecule has 1 aromatic carbocycles. The van der Waals surface area contributed by atoms with E-state index in [4.69, 9.17) is 11.6 Å². The molecule has 4 nitrogen and oxygen atoms in total. The summed E-state index contributed by atoms with van der Waals surface area (Å²) in [7, 11) is 0. The van der Waals surface area contributed by atoms with Crippen molar-refractivity contribution < 1.29 is 9.90 Å². The van der Waals surface area contributed by atoms with Gasteiger partial charge in [0, 0.05) is 18.2 Å². The third-order valence-electron chi connectivity index (χ3n) is 3.09. The van der Waals surface area contributed by atoms with E-state index in [0.29, 0.717) is 5.56 Å². The summed E-state index contributed by atoms with van der Waals surface area (Å²) in [4.78, 5) is 12.0. The molecule has 1 fully saturated rings. The summed E-state index contributed by atoms with van der Waals surface area (Å²) < 4.78 is 0. The van der Waals surface area contributed by atoms with Gasteiger partial charge in [-0.2, -0.15) is 0 Å². The van der Waals surface area contributed by atoms with E-state index in [1.807, 2.05) is 0 Å². The molecular weight excluding hydrogens is 252 g/mol. The number of benzene rings is 1. The van der Waals surface area contributed by atoms with Gasteiger partial charge in [-0.3, -0.25) is 4.79 Å². The minimum atomic E-state index is -0.148. The van der Waals surface area contributed by atoms with Gasteiger partial charge in [-0.05, 0) is 37.6 Å². The topological polar surface area (TPSA) is 61.4 Å². The van der Waals surface area contributed by atoms with Gasteiger partial charge < -0.3 is 15.7 Å². The zero-order valence-corrected chi connectivity index (χ0v) is 10.8. The fourth-order valence-electron chi connectivity index (χ4n) is 2.06. The first-order valence-electron chi connectivity index (χ1n) is 6.17. The number of amides is 1. The van der Waals surface area contributed by atoms with E-state index >= 15 is 0 Å². The highest BCUT2D eigenvalue weighted by Gasteiger charge is 2.16. The van der Waals surface area contributed by atoms with Crippen LogP contribution >= 0.6 is 11.6 Å². The average molecular weight is 269 g/mol. The van der Waals surface area contributed by atoms with Gasteiger partial charge in [0.1, 0.15) is 5.75 Å². The summed E-state index contributed by atoms with van der Waals surface area (Å²) in [5, 5.41) is 15.8. The monoisotopic (exact) mass is 268 g/mol. The van der Waals surface area contributed by atoms with Crippen molar-refractivity contribution in [3.8, 4) is 5.75 Å². The number of nitrogens with one attached hydrogen (secondary N) is 2. The van der Waals surface area contributed by atoms with Crippen LogP contribution in [0.15, 0.2) is 18.2 Å². The molecule has 1 unspecified atom stereocenters. The Hall–Kier alpha value is -1.26. The fraction of sp³-hybridized carbons (Fsp3) is 0.462. The second-order valence-electron chi connectivity index (χ2n) is 4.54. The van der Waals surface area contributed by atoms with Gasteiger partial charge in [-0.25, -0.2) is 0 Å². The lowest BCUT2D eigenvalue weighted by Crippen LogP contribution is -2.40. The van der Waals surface area contributed by atoms with Gasteiger partial charge in [0.15, 0.2) is 0 Å². The van der Waals surface area contributed by atoms with Gasteiger partial charge in [-0.1, -0.05) is 18.0 Å². The van der Waals surface area contributed by atoms with Crippen LogP contribution in [-0.4, -0.2) is 30.1 Å². The van der Waals surface area contributed by atoms with Crippen LogP contribution in [0.1, 0.15) is 29.6 Å². The Bertz CT molecular complexity index is 429. The molecule has 0 spiro atoms. The zero-order chi connectivity index (χ0) is 13.0. The van der Waals surface area contributed by atoms with Crippen molar-refractivity contribution in [1.29, 1.82) is 0 Å². The van der Waals surface area contributed by atoms with Crippen molar-refractivity contribution in [2.75, 3.05) is 13.1 Å². The second kappa shape index (κ2) is 6.07. The smallest absolute Gasteiger partial charge is 0.251 e. The third-order valence-corrected chi connectivity index (χ3v) is 3.39. The predicted molar refractivity (Wildman–Crippen MR) is 71.1 cm³/mol. The normalized spacial score (nSPS) is 20.2. The van der Waals surface area contributed by atoms with Gasteiger partial charge in [0.2, 0.25) is 0 Å². The molecule has 1 aromatic rings. The summed E-state index contributed by atoms with van der Waals surface area (Å²) in [5.41, 5.74) is 0.474. The molecule has 5 heteroatoms. The molecule has 1 aliphatic heterocycles. The van der Waals surface area contributed by atoms with E-state index in [2.05, 4.69) is 10.6 Å². The van der Waals surface area contributed by atoms with Crippen LogP contribution in [0.25, 0.3) is 0 Å². The number of hydrogen-bond donors (Lipinski definition) is 3. The molecule has 0 saturated carbocycles. The van der Waals surface area contributed by atoms with Crippen LogP contribution in [0, 0.1) is 0 Å². The minimum Gasteiger partial charge on any atom is -0.506 e. The molecule has 98 valence electrons. The molecule has 1 saturated heterocycles. The highest BCUT2D eigenvalue weighted by atomic mass is 35.5. The van der Waals surface area contributed by atoms with Crippen LogP contribution in [0.4, 0.5) is 0 Å². The summed E-state index contributed by atoms with van der Waals surface area (Å²) in [5.74, 6) is -0.157. The quantitative estimate of drug-likeness (QED) is 0.768. The van der Waals surface area contributed by atoms with Gasteiger partial charge in [-0.15, -0.1) is 0 Å². The molecule has 3 N–H and O–H groups in total. The summed E-state index contributed by atoms with van der Waals surface area (Å²) in [6.45, 7) is 1.81. The Morgan fingerprint density at radius 3 is 3.06 bits per heavy atom. The van der Waals surface area contributed by atoms with Crippen molar-refractivity contribution >= 4 is 17.5 Å². The van der Waals surface area contributed by atoms with Gasteiger partial charge in [0.05, 0.1) is 5.02 Å². The highest BCUT2D eigenvalue weighted by Crippen LogP contribution is 2.23. The molecule has 1 amide bonds. The molecule has 1 heterocycles. The zero-order valence-electron chi connectivity index (χ0n) is 10.1.